The van der Waals surface area contributed by atoms with Crippen LogP contribution < -0.4 is 11.1 Å². The minimum atomic E-state index is -1.08. The Morgan fingerprint density at radius 1 is 1.35 bits per heavy atom. The Bertz CT molecular complexity index is 598. The van der Waals surface area contributed by atoms with E-state index in [1.54, 1.807) is 0 Å². The average Bonchev–Trinajstić information content (AvgIpc) is 2.95. The number of rotatable bonds is 5. The molecule has 1 amide bonds. The molecule has 0 bridgehead atoms. The van der Waals surface area contributed by atoms with Crippen LogP contribution in [0.3, 0.4) is 0 Å². The third kappa shape index (κ3) is 5.28. The number of benzene rings is 1. The Morgan fingerprint density at radius 3 is 2.70 bits per heavy atom. The van der Waals surface area contributed by atoms with Gasteiger partial charge in [-0.2, -0.15) is 0 Å². The number of nitrogens with one attached hydrogen (secondary N) is 1. The molecule has 0 saturated heterocycles. The molecule has 0 spiro atoms. The smallest absolute Gasteiger partial charge is 0.404 e. The Morgan fingerprint density at radius 2 is 2.04 bits per heavy atom. The molecule has 2 atom stereocenters. The van der Waals surface area contributed by atoms with Gasteiger partial charge in [0.1, 0.15) is 5.84 Å². The van der Waals surface area contributed by atoms with E-state index in [9.17, 15) is 9.59 Å². The van der Waals surface area contributed by atoms with Crippen LogP contribution in [-0.2, 0) is 16.1 Å². The SMILES string of the molecule is Cc1ccc(C/C(N)=N/OC(=O)[C@H]2CC[C@H](NC(=O)O)C2)cc1. The molecule has 2 rings (SSSR count). The van der Waals surface area contributed by atoms with Gasteiger partial charge in [-0.05, 0) is 31.7 Å². The highest BCUT2D eigenvalue weighted by Crippen LogP contribution is 2.26. The Labute approximate surface area is 134 Å². The molecule has 1 aliphatic carbocycles. The van der Waals surface area contributed by atoms with Gasteiger partial charge in [0, 0.05) is 12.5 Å². The Hall–Kier alpha value is -2.57. The molecule has 1 fully saturated rings. The molecule has 4 N–H and O–H groups in total. The van der Waals surface area contributed by atoms with Gasteiger partial charge >= 0.3 is 12.1 Å². The highest BCUT2D eigenvalue weighted by molar-refractivity contribution is 5.83. The van der Waals surface area contributed by atoms with E-state index in [0.29, 0.717) is 25.7 Å². The van der Waals surface area contributed by atoms with Crippen LogP contribution in [0.5, 0.6) is 0 Å². The highest BCUT2D eigenvalue weighted by atomic mass is 16.7. The number of aryl methyl sites for hydroxylation is 1. The molecule has 1 aliphatic rings. The van der Waals surface area contributed by atoms with Crippen molar-refractivity contribution in [3.8, 4) is 0 Å². The van der Waals surface area contributed by atoms with E-state index in [1.807, 2.05) is 31.2 Å². The third-order valence-corrected chi connectivity index (χ3v) is 3.85. The van der Waals surface area contributed by atoms with Crippen molar-refractivity contribution < 1.29 is 19.5 Å². The van der Waals surface area contributed by atoms with Crippen molar-refractivity contribution in [2.75, 3.05) is 0 Å². The molecule has 1 aromatic carbocycles. The van der Waals surface area contributed by atoms with E-state index < -0.39 is 12.1 Å². The van der Waals surface area contributed by atoms with Gasteiger partial charge in [0.25, 0.3) is 0 Å². The molecular weight excluding hydrogens is 298 g/mol. The summed E-state index contributed by atoms with van der Waals surface area (Å²) in [5.41, 5.74) is 7.91. The number of carbonyl (C=O) groups is 2. The number of nitrogens with two attached hydrogens (primary N) is 1. The summed E-state index contributed by atoms with van der Waals surface area (Å²) in [6.07, 6.45) is 0.954. The van der Waals surface area contributed by atoms with Gasteiger partial charge in [0.05, 0.1) is 5.92 Å². The summed E-state index contributed by atoms with van der Waals surface area (Å²) >= 11 is 0. The monoisotopic (exact) mass is 319 g/mol. The van der Waals surface area contributed by atoms with E-state index in [-0.39, 0.29) is 17.8 Å². The van der Waals surface area contributed by atoms with Gasteiger partial charge in [0.2, 0.25) is 0 Å². The van der Waals surface area contributed by atoms with Crippen LogP contribution in [0.25, 0.3) is 0 Å². The van der Waals surface area contributed by atoms with Crippen molar-refractivity contribution >= 4 is 17.9 Å². The second-order valence-electron chi connectivity index (χ2n) is 5.81. The van der Waals surface area contributed by atoms with E-state index in [0.717, 1.165) is 11.1 Å². The van der Waals surface area contributed by atoms with E-state index in [4.69, 9.17) is 15.7 Å². The third-order valence-electron chi connectivity index (χ3n) is 3.85. The maximum absolute atomic E-state index is 11.9. The largest absolute Gasteiger partial charge is 0.465 e. The fourth-order valence-corrected chi connectivity index (χ4v) is 2.63. The summed E-state index contributed by atoms with van der Waals surface area (Å²) in [5, 5.41) is 14.7. The van der Waals surface area contributed by atoms with Crippen molar-refractivity contribution in [3.05, 3.63) is 35.4 Å². The predicted octanol–water partition coefficient (Wildman–Crippen LogP) is 1.79. The molecule has 0 radical (unpaired) electrons. The fourth-order valence-electron chi connectivity index (χ4n) is 2.63. The van der Waals surface area contributed by atoms with Crippen LogP contribution in [-0.4, -0.2) is 29.0 Å². The highest BCUT2D eigenvalue weighted by Gasteiger charge is 2.32. The molecule has 0 aliphatic heterocycles. The number of hydrogen-bond donors (Lipinski definition) is 3. The van der Waals surface area contributed by atoms with Crippen molar-refractivity contribution in [2.24, 2.45) is 16.8 Å². The summed E-state index contributed by atoms with van der Waals surface area (Å²) in [4.78, 5) is 27.4. The first-order valence-electron chi connectivity index (χ1n) is 7.52. The average molecular weight is 319 g/mol. The van der Waals surface area contributed by atoms with Gasteiger partial charge in [-0.15, -0.1) is 0 Å². The van der Waals surface area contributed by atoms with Crippen LogP contribution in [0, 0.1) is 12.8 Å². The molecule has 0 heterocycles. The second kappa shape index (κ2) is 7.62. The lowest BCUT2D eigenvalue weighted by molar-refractivity contribution is -0.148. The summed E-state index contributed by atoms with van der Waals surface area (Å²) in [6, 6.07) is 7.63. The molecule has 0 unspecified atom stereocenters. The van der Waals surface area contributed by atoms with E-state index in [1.165, 1.54) is 0 Å². The zero-order chi connectivity index (χ0) is 16.8. The number of carbonyl (C=O) groups excluding carboxylic acids is 1. The lowest BCUT2D eigenvalue weighted by atomic mass is 10.1. The topological polar surface area (TPSA) is 114 Å². The maximum Gasteiger partial charge on any atom is 0.404 e. The zero-order valence-electron chi connectivity index (χ0n) is 13.0. The number of carboxylic acid groups (broad SMARTS) is 1. The van der Waals surface area contributed by atoms with Gasteiger partial charge < -0.3 is 21.0 Å². The molecule has 7 nitrogen and oxygen atoms in total. The zero-order valence-corrected chi connectivity index (χ0v) is 13.0. The molecule has 124 valence electrons. The molecule has 1 aromatic rings. The summed E-state index contributed by atoms with van der Waals surface area (Å²) in [5.74, 6) is -0.588. The van der Waals surface area contributed by atoms with Crippen molar-refractivity contribution in [3.63, 3.8) is 0 Å². The molecule has 23 heavy (non-hydrogen) atoms. The minimum Gasteiger partial charge on any atom is -0.465 e. The lowest BCUT2D eigenvalue weighted by Gasteiger charge is -2.09. The first-order chi connectivity index (χ1) is 10.9. The van der Waals surface area contributed by atoms with E-state index in [2.05, 4.69) is 10.5 Å². The van der Waals surface area contributed by atoms with Crippen LogP contribution in [0.4, 0.5) is 4.79 Å². The molecule has 7 heteroatoms. The quantitative estimate of drug-likeness (QED) is 0.331. The maximum atomic E-state index is 11.9. The summed E-state index contributed by atoms with van der Waals surface area (Å²) < 4.78 is 0. The number of hydrogen-bond acceptors (Lipinski definition) is 4. The summed E-state index contributed by atoms with van der Waals surface area (Å²) in [6.45, 7) is 2.00. The van der Waals surface area contributed by atoms with Crippen molar-refractivity contribution in [2.45, 2.75) is 38.6 Å². The number of amides is 1. The van der Waals surface area contributed by atoms with Crippen LogP contribution in [0.2, 0.25) is 0 Å². The molecular formula is C16H21N3O4. The van der Waals surface area contributed by atoms with Crippen LogP contribution in [0.1, 0.15) is 30.4 Å². The van der Waals surface area contributed by atoms with Gasteiger partial charge in [-0.3, -0.25) is 0 Å². The molecule has 1 saturated carbocycles. The lowest BCUT2D eigenvalue weighted by Crippen LogP contribution is -2.31. The standard InChI is InChI=1S/C16H21N3O4/c1-10-2-4-11(5-3-10)8-14(17)19-23-15(20)12-6-7-13(9-12)18-16(21)22/h2-5,12-13,18H,6-9H2,1H3,(H2,17,19)(H,21,22)/t12-,13-/m0/s1. The number of amidine groups is 1. The van der Waals surface area contributed by atoms with E-state index >= 15 is 0 Å². The van der Waals surface area contributed by atoms with Crippen LogP contribution in [0.15, 0.2) is 29.4 Å². The van der Waals surface area contributed by atoms with Crippen LogP contribution >= 0.6 is 0 Å². The number of nitrogens with zero attached hydrogens (tertiary/aromatic N) is 1. The fraction of sp³-hybridized carbons (Fsp3) is 0.438. The number of oxime groups is 1. The predicted molar refractivity (Wildman–Crippen MR) is 84.9 cm³/mol. The van der Waals surface area contributed by atoms with Gasteiger partial charge in [-0.25, -0.2) is 9.59 Å². The van der Waals surface area contributed by atoms with Gasteiger partial charge in [0.15, 0.2) is 0 Å². The first-order valence-corrected chi connectivity index (χ1v) is 7.52. The Balaban J connectivity index is 1.81. The molecule has 0 aromatic heterocycles. The first kappa shape index (κ1) is 16.8. The van der Waals surface area contributed by atoms with Crippen molar-refractivity contribution in [1.82, 2.24) is 5.32 Å². The Kier molecular flexibility index (Phi) is 5.56. The second-order valence-corrected chi connectivity index (χ2v) is 5.81. The van der Waals surface area contributed by atoms with Gasteiger partial charge in [-0.1, -0.05) is 35.0 Å². The minimum absolute atomic E-state index is 0.209. The van der Waals surface area contributed by atoms with Crippen molar-refractivity contribution in [1.29, 1.82) is 0 Å². The normalized spacial score (nSPS) is 21.0. The summed E-state index contributed by atoms with van der Waals surface area (Å²) in [7, 11) is 0.